The van der Waals surface area contributed by atoms with Crippen LogP contribution in [0.3, 0.4) is 0 Å². The van der Waals surface area contributed by atoms with E-state index in [9.17, 15) is 9.59 Å². The van der Waals surface area contributed by atoms with Crippen molar-refractivity contribution in [2.45, 2.75) is 51.9 Å². The van der Waals surface area contributed by atoms with Gasteiger partial charge in [-0.2, -0.15) is 0 Å². The number of likely N-dealkylation sites (N-methyl/N-ethyl adjacent to an activating group) is 2. The number of carbonyl (C=O) groups is 2. The van der Waals surface area contributed by atoms with Crippen LogP contribution in [0.1, 0.15) is 38.8 Å². The van der Waals surface area contributed by atoms with Gasteiger partial charge in [-0.15, -0.1) is 0 Å². The number of nitrogens with zero attached hydrogens (tertiary/aromatic N) is 4. The number of piperazine rings is 2. The van der Waals surface area contributed by atoms with E-state index in [0.29, 0.717) is 0 Å². The lowest BCUT2D eigenvalue weighted by molar-refractivity contribution is -0.148. The molecule has 3 rings (SSSR count). The number of benzene rings is 1. The summed E-state index contributed by atoms with van der Waals surface area (Å²) in [6, 6.07) is 8.56. The Balaban J connectivity index is 1.73. The number of carbonyl (C=O) groups excluding carboxylic acids is 2. The second-order valence-electron chi connectivity index (χ2n) is 9.23. The van der Waals surface area contributed by atoms with Crippen molar-refractivity contribution in [3.8, 4) is 0 Å². The van der Waals surface area contributed by atoms with E-state index in [1.54, 1.807) is 0 Å². The third-order valence-corrected chi connectivity index (χ3v) is 6.47. The van der Waals surface area contributed by atoms with Gasteiger partial charge in [0.25, 0.3) is 0 Å². The smallest absolute Gasteiger partial charge is 0.242 e. The summed E-state index contributed by atoms with van der Waals surface area (Å²) in [5, 5.41) is 0. The summed E-state index contributed by atoms with van der Waals surface area (Å²) in [4.78, 5) is 33.3. The van der Waals surface area contributed by atoms with Crippen molar-refractivity contribution in [3.63, 3.8) is 0 Å². The Bertz CT molecular complexity index is 699. The maximum absolute atomic E-state index is 12.5. The molecule has 154 valence electrons. The van der Waals surface area contributed by atoms with E-state index in [0.717, 1.165) is 39.3 Å². The van der Waals surface area contributed by atoms with E-state index < -0.39 is 11.1 Å². The standard InChI is InChI=1S/C22H34N4O2/c1-21(2)19(27)23(5)10-12-25(21)15-17-8-7-9-18(14-17)16-26-13-11-24(6)20(28)22(26,3)4/h7-9,14H,10-13,15-16H2,1-6H3. The lowest BCUT2D eigenvalue weighted by Crippen LogP contribution is -2.61. The molecule has 2 aliphatic rings. The Kier molecular flexibility index (Phi) is 5.56. The lowest BCUT2D eigenvalue weighted by atomic mass is 9.95. The molecule has 0 aromatic heterocycles. The monoisotopic (exact) mass is 386 g/mol. The highest BCUT2D eigenvalue weighted by Gasteiger charge is 2.41. The fraction of sp³-hybridized carbons (Fsp3) is 0.636. The lowest BCUT2D eigenvalue weighted by Gasteiger charge is -2.45. The summed E-state index contributed by atoms with van der Waals surface area (Å²) >= 11 is 0. The quantitative estimate of drug-likeness (QED) is 0.792. The van der Waals surface area contributed by atoms with Crippen LogP contribution >= 0.6 is 0 Å². The molecule has 28 heavy (non-hydrogen) atoms. The fourth-order valence-corrected chi connectivity index (χ4v) is 4.33. The zero-order valence-electron chi connectivity index (χ0n) is 18.2. The van der Waals surface area contributed by atoms with Crippen LogP contribution in [0.25, 0.3) is 0 Å². The second kappa shape index (κ2) is 7.48. The zero-order chi connectivity index (χ0) is 20.7. The van der Waals surface area contributed by atoms with Gasteiger partial charge in [-0.05, 0) is 38.8 Å². The van der Waals surface area contributed by atoms with Crippen molar-refractivity contribution in [1.29, 1.82) is 0 Å². The molecule has 2 saturated heterocycles. The number of hydrogen-bond acceptors (Lipinski definition) is 4. The van der Waals surface area contributed by atoms with Gasteiger partial charge in [0.2, 0.25) is 11.8 Å². The van der Waals surface area contributed by atoms with Crippen molar-refractivity contribution >= 4 is 11.8 Å². The van der Waals surface area contributed by atoms with E-state index in [2.05, 4.69) is 34.1 Å². The summed E-state index contributed by atoms with van der Waals surface area (Å²) in [5.74, 6) is 0.347. The number of amides is 2. The van der Waals surface area contributed by atoms with E-state index in [1.807, 2.05) is 51.6 Å². The topological polar surface area (TPSA) is 47.1 Å². The first-order valence-corrected chi connectivity index (χ1v) is 10.1. The molecule has 6 nitrogen and oxygen atoms in total. The maximum Gasteiger partial charge on any atom is 0.242 e. The van der Waals surface area contributed by atoms with Crippen LogP contribution in [-0.2, 0) is 22.7 Å². The van der Waals surface area contributed by atoms with E-state index in [-0.39, 0.29) is 11.8 Å². The number of hydrogen-bond donors (Lipinski definition) is 0. The van der Waals surface area contributed by atoms with Gasteiger partial charge in [-0.25, -0.2) is 0 Å². The van der Waals surface area contributed by atoms with Crippen molar-refractivity contribution in [3.05, 3.63) is 35.4 Å². The van der Waals surface area contributed by atoms with Crippen LogP contribution in [-0.4, -0.2) is 82.8 Å². The summed E-state index contributed by atoms with van der Waals surface area (Å²) in [6.07, 6.45) is 0. The summed E-state index contributed by atoms with van der Waals surface area (Å²) in [7, 11) is 3.75. The summed E-state index contributed by atoms with van der Waals surface area (Å²) in [5.41, 5.74) is 1.44. The number of rotatable bonds is 4. The van der Waals surface area contributed by atoms with Gasteiger partial charge in [-0.1, -0.05) is 24.3 Å². The van der Waals surface area contributed by atoms with Crippen LogP contribution in [0.2, 0.25) is 0 Å². The molecule has 0 bridgehead atoms. The molecule has 2 aliphatic heterocycles. The molecule has 0 N–H and O–H groups in total. The predicted molar refractivity (Wildman–Crippen MR) is 111 cm³/mol. The Morgan fingerprint density at radius 1 is 0.750 bits per heavy atom. The van der Waals surface area contributed by atoms with Crippen molar-refractivity contribution in [2.24, 2.45) is 0 Å². The van der Waals surface area contributed by atoms with Gasteiger partial charge in [0.1, 0.15) is 0 Å². The van der Waals surface area contributed by atoms with E-state index in [1.165, 1.54) is 11.1 Å². The minimum absolute atomic E-state index is 0.174. The van der Waals surface area contributed by atoms with E-state index in [4.69, 9.17) is 0 Å². The normalized spacial score (nSPS) is 23.4. The predicted octanol–water partition coefficient (Wildman–Crippen LogP) is 1.79. The SMILES string of the molecule is CN1CCN(Cc2cccc(CN3CCN(C)C(=O)C3(C)C)c2)C(C)(C)C1=O. The van der Waals surface area contributed by atoms with Crippen LogP contribution < -0.4 is 0 Å². The van der Waals surface area contributed by atoms with Crippen LogP contribution in [0.5, 0.6) is 0 Å². The first kappa shape index (κ1) is 20.8. The third kappa shape index (κ3) is 3.80. The highest BCUT2D eigenvalue weighted by molar-refractivity contribution is 5.86. The first-order chi connectivity index (χ1) is 13.0. The van der Waals surface area contributed by atoms with Crippen LogP contribution in [0, 0.1) is 0 Å². The first-order valence-electron chi connectivity index (χ1n) is 10.1. The molecule has 0 saturated carbocycles. The molecule has 2 heterocycles. The van der Waals surface area contributed by atoms with Gasteiger partial charge in [0.05, 0.1) is 11.1 Å². The maximum atomic E-state index is 12.5. The highest BCUT2D eigenvalue weighted by atomic mass is 16.2. The average molecular weight is 387 g/mol. The molecule has 0 radical (unpaired) electrons. The van der Waals surface area contributed by atoms with E-state index >= 15 is 0 Å². The highest BCUT2D eigenvalue weighted by Crippen LogP contribution is 2.26. The molecule has 6 heteroatoms. The third-order valence-electron chi connectivity index (χ3n) is 6.47. The van der Waals surface area contributed by atoms with Gasteiger partial charge in [-0.3, -0.25) is 19.4 Å². The molecule has 2 fully saturated rings. The molecule has 1 aromatic carbocycles. The van der Waals surface area contributed by atoms with Crippen molar-refractivity contribution in [1.82, 2.24) is 19.6 Å². The Hall–Kier alpha value is -1.92. The van der Waals surface area contributed by atoms with Crippen LogP contribution in [0.15, 0.2) is 24.3 Å². The Morgan fingerprint density at radius 3 is 1.54 bits per heavy atom. The molecular weight excluding hydrogens is 352 g/mol. The van der Waals surface area contributed by atoms with Crippen molar-refractivity contribution < 1.29 is 9.59 Å². The summed E-state index contributed by atoms with van der Waals surface area (Å²) < 4.78 is 0. The van der Waals surface area contributed by atoms with Gasteiger partial charge in [0.15, 0.2) is 0 Å². The summed E-state index contributed by atoms with van der Waals surface area (Å²) in [6.45, 7) is 12.8. The Labute approximate surface area is 169 Å². The zero-order valence-corrected chi connectivity index (χ0v) is 18.2. The van der Waals surface area contributed by atoms with Gasteiger partial charge >= 0.3 is 0 Å². The molecular formula is C22H34N4O2. The largest absolute Gasteiger partial charge is 0.343 e. The average Bonchev–Trinajstić information content (AvgIpc) is 2.64. The van der Waals surface area contributed by atoms with Crippen LogP contribution in [0.4, 0.5) is 0 Å². The van der Waals surface area contributed by atoms with Crippen molar-refractivity contribution in [2.75, 3.05) is 40.3 Å². The molecule has 0 atom stereocenters. The molecule has 0 spiro atoms. The van der Waals surface area contributed by atoms with Gasteiger partial charge < -0.3 is 9.80 Å². The molecule has 2 amide bonds. The minimum Gasteiger partial charge on any atom is -0.343 e. The second-order valence-corrected chi connectivity index (χ2v) is 9.23. The molecule has 1 aromatic rings. The van der Waals surface area contributed by atoms with Gasteiger partial charge in [0, 0.05) is 53.4 Å². The minimum atomic E-state index is -0.491. The Morgan fingerprint density at radius 2 is 1.14 bits per heavy atom. The molecule has 0 aliphatic carbocycles. The molecule has 0 unspecified atom stereocenters. The fourth-order valence-electron chi connectivity index (χ4n) is 4.33.